The second-order valence-corrected chi connectivity index (χ2v) is 6.31. The van der Waals surface area contributed by atoms with Crippen LogP contribution in [0, 0.1) is 5.92 Å². The topological polar surface area (TPSA) is 83.3 Å². The average Bonchev–Trinajstić information content (AvgIpc) is 3.05. The highest BCUT2D eigenvalue weighted by molar-refractivity contribution is 7.18. The molecule has 0 aliphatic carbocycles. The molecule has 1 atom stereocenters. The number of nitrogens with one attached hydrogen (secondary N) is 2. The molecule has 1 saturated heterocycles. The zero-order valence-corrected chi connectivity index (χ0v) is 12.9. The predicted octanol–water partition coefficient (Wildman–Crippen LogP) is 1.23. The van der Waals surface area contributed by atoms with E-state index in [-0.39, 0.29) is 5.91 Å². The summed E-state index contributed by atoms with van der Waals surface area (Å²) in [6, 6.07) is 0. The van der Waals surface area contributed by atoms with Crippen molar-refractivity contribution in [3.8, 4) is 0 Å². The molecule has 1 fully saturated rings. The van der Waals surface area contributed by atoms with Gasteiger partial charge in [0.1, 0.15) is 10.7 Å². The van der Waals surface area contributed by atoms with E-state index in [9.17, 15) is 4.79 Å². The highest BCUT2D eigenvalue weighted by Gasteiger charge is 2.18. The van der Waals surface area contributed by atoms with Gasteiger partial charge < -0.3 is 21.3 Å². The summed E-state index contributed by atoms with van der Waals surface area (Å²) >= 11 is 1.28. The number of nitrogens with two attached hydrogens (primary N) is 1. The standard InChI is InChI=1S/C13H23N5OS/c1-9(8-18-5-3-4-6-18)7-16-12(19)10-11(14)17-13(15-2)20-10/h9H,3-8,14H2,1-2H3,(H,15,17)(H,16,19). The smallest absolute Gasteiger partial charge is 0.265 e. The minimum Gasteiger partial charge on any atom is -0.382 e. The van der Waals surface area contributed by atoms with Crippen LogP contribution in [0.5, 0.6) is 0 Å². The highest BCUT2D eigenvalue weighted by Crippen LogP contribution is 2.24. The fourth-order valence-electron chi connectivity index (χ4n) is 2.42. The minimum absolute atomic E-state index is 0.130. The van der Waals surface area contributed by atoms with Crippen LogP contribution in [0.3, 0.4) is 0 Å². The van der Waals surface area contributed by atoms with Crippen LogP contribution in [-0.2, 0) is 0 Å². The van der Waals surface area contributed by atoms with Crippen LogP contribution in [0.2, 0.25) is 0 Å². The fourth-order valence-corrected chi connectivity index (χ4v) is 3.17. The van der Waals surface area contributed by atoms with E-state index in [1.54, 1.807) is 7.05 Å². The van der Waals surface area contributed by atoms with Gasteiger partial charge in [-0.3, -0.25) is 4.79 Å². The molecule has 2 heterocycles. The van der Waals surface area contributed by atoms with Crippen molar-refractivity contribution in [1.82, 2.24) is 15.2 Å². The molecule has 0 radical (unpaired) electrons. The molecule has 20 heavy (non-hydrogen) atoms. The fraction of sp³-hybridized carbons (Fsp3) is 0.692. The van der Waals surface area contributed by atoms with E-state index in [1.165, 1.54) is 37.3 Å². The van der Waals surface area contributed by atoms with Crippen molar-refractivity contribution >= 4 is 28.2 Å². The quantitative estimate of drug-likeness (QED) is 0.735. The molecule has 6 nitrogen and oxygen atoms in total. The summed E-state index contributed by atoms with van der Waals surface area (Å²) in [4.78, 5) is 19.1. The van der Waals surface area contributed by atoms with Gasteiger partial charge in [-0.1, -0.05) is 18.3 Å². The van der Waals surface area contributed by atoms with Crippen molar-refractivity contribution in [2.75, 3.05) is 44.3 Å². The Morgan fingerprint density at radius 1 is 1.50 bits per heavy atom. The molecule has 0 spiro atoms. The molecule has 1 aromatic heterocycles. The molecule has 1 unspecified atom stereocenters. The van der Waals surface area contributed by atoms with Gasteiger partial charge >= 0.3 is 0 Å². The van der Waals surface area contributed by atoms with E-state index in [4.69, 9.17) is 5.73 Å². The maximum absolute atomic E-state index is 12.1. The second kappa shape index (κ2) is 6.90. The summed E-state index contributed by atoms with van der Waals surface area (Å²) in [5, 5.41) is 6.51. The normalized spacial score (nSPS) is 17.1. The van der Waals surface area contributed by atoms with Crippen molar-refractivity contribution < 1.29 is 4.79 Å². The number of amides is 1. The molecule has 2 rings (SSSR count). The molecule has 0 bridgehead atoms. The van der Waals surface area contributed by atoms with Crippen LogP contribution in [0.15, 0.2) is 0 Å². The Labute approximate surface area is 123 Å². The van der Waals surface area contributed by atoms with Crippen LogP contribution in [0.25, 0.3) is 0 Å². The monoisotopic (exact) mass is 297 g/mol. The number of rotatable bonds is 6. The van der Waals surface area contributed by atoms with Crippen molar-refractivity contribution in [2.45, 2.75) is 19.8 Å². The van der Waals surface area contributed by atoms with Gasteiger partial charge in [0, 0.05) is 20.1 Å². The first-order valence-corrected chi connectivity index (χ1v) is 7.86. The first kappa shape index (κ1) is 15.1. The van der Waals surface area contributed by atoms with Gasteiger partial charge in [-0.15, -0.1) is 0 Å². The van der Waals surface area contributed by atoms with Crippen LogP contribution < -0.4 is 16.4 Å². The summed E-state index contributed by atoms with van der Waals surface area (Å²) in [5.41, 5.74) is 5.75. The summed E-state index contributed by atoms with van der Waals surface area (Å²) in [6.07, 6.45) is 2.59. The Balaban J connectivity index is 1.80. The molecular formula is C13H23N5OS. The first-order valence-electron chi connectivity index (χ1n) is 7.04. The Morgan fingerprint density at radius 3 is 2.80 bits per heavy atom. The minimum atomic E-state index is -0.130. The molecule has 1 aliphatic heterocycles. The third-order valence-corrected chi connectivity index (χ3v) is 4.54. The maximum atomic E-state index is 12.1. The molecule has 112 valence electrons. The van der Waals surface area contributed by atoms with Crippen LogP contribution in [0.4, 0.5) is 10.9 Å². The van der Waals surface area contributed by atoms with E-state index in [0.717, 1.165) is 6.54 Å². The van der Waals surface area contributed by atoms with E-state index in [1.807, 2.05) is 0 Å². The van der Waals surface area contributed by atoms with Gasteiger partial charge in [-0.05, 0) is 31.8 Å². The lowest BCUT2D eigenvalue weighted by molar-refractivity contribution is 0.0950. The van der Waals surface area contributed by atoms with Gasteiger partial charge in [0.15, 0.2) is 5.13 Å². The predicted molar refractivity (Wildman–Crippen MR) is 83.2 cm³/mol. The SMILES string of the molecule is CNc1nc(N)c(C(=O)NCC(C)CN2CCCC2)s1. The summed E-state index contributed by atoms with van der Waals surface area (Å²) in [6.45, 7) is 6.24. The molecule has 4 N–H and O–H groups in total. The zero-order chi connectivity index (χ0) is 14.5. The molecule has 0 saturated carbocycles. The molecule has 7 heteroatoms. The number of aromatic nitrogens is 1. The van der Waals surface area contributed by atoms with Crippen LogP contribution in [-0.4, -0.2) is 49.0 Å². The van der Waals surface area contributed by atoms with E-state index in [2.05, 4.69) is 27.4 Å². The van der Waals surface area contributed by atoms with Gasteiger partial charge in [0.2, 0.25) is 0 Å². The molecule has 1 aliphatic rings. The van der Waals surface area contributed by atoms with Crippen LogP contribution >= 0.6 is 11.3 Å². The Morgan fingerprint density at radius 2 is 2.20 bits per heavy atom. The number of hydrogen-bond acceptors (Lipinski definition) is 6. The van der Waals surface area contributed by atoms with Crippen molar-refractivity contribution in [3.05, 3.63) is 4.88 Å². The summed E-state index contributed by atoms with van der Waals surface area (Å²) in [5.74, 6) is 0.605. The Kier molecular flexibility index (Phi) is 5.19. The number of nitrogens with zero attached hydrogens (tertiary/aromatic N) is 2. The van der Waals surface area contributed by atoms with Crippen molar-refractivity contribution in [1.29, 1.82) is 0 Å². The van der Waals surface area contributed by atoms with Gasteiger partial charge in [0.05, 0.1) is 0 Å². The maximum Gasteiger partial charge on any atom is 0.265 e. The van der Waals surface area contributed by atoms with Gasteiger partial charge in [-0.2, -0.15) is 0 Å². The Hall–Kier alpha value is -1.34. The highest BCUT2D eigenvalue weighted by atomic mass is 32.1. The summed E-state index contributed by atoms with van der Waals surface area (Å²) < 4.78 is 0. The number of hydrogen-bond donors (Lipinski definition) is 3. The lowest BCUT2D eigenvalue weighted by atomic mass is 10.1. The number of thiazole rings is 1. The summed E-state index contributed by atoms with van der Waals surface area (Å²) in [7, 11) is 1.76. The van der Waals surface area contributed by atoms with E-state index < -0.39 is 0 Å². The second-order valence-electron chi connectivity index (χ2n) is 5.31. The largest absolute Gasteiger partial charge is 0.382 e. The van der Waals surface area contributed by atoms with E-state index >= 15 is 0 Å². The van der Waals surface area contributed by atoms with E-state index in [0.29, 0.717) is 28.3 Å². The number of nitrogen functional groups attached to an aromatic ring is 1. The molecular weight excluding hydrogens is 274 g/mol. The number of likely N-dealkylation sites (tertiary alicyclic amines) is 1. The average molecular weight is 297 g/mol. The first-order chi connectivity index (χ1) is 9.60. The van der Waals surface area contributed by atoms with Gasteiger partial charge in [0.25, 0.3) is 5.91 Å². The third-order valence-electron chi connectivity index (χ3n) is 3.45. The molecule has 1 amide bonds. The number of anilines is 2. The van der Waals surface area contributed by atoms with Crippen molar-refractivity contribution in [3.63, 3.8) is 0 Å². The Bertz CT molecular complexity index is 456. The van der Waals surface area contributed by atoms with Crippen molar-refractivity contribution in [2.24, 2.45) is 5.92 Å². The molecule has 0 aromatic carbocycles. The third kappa shape index (κ3) is 3.83. The van der Waals surface area contributed by atoms with Crippen LogP contribution in [0.1, 0.15) is 29.4 Å². The number of carbonyl (C=O) groups excluding carboxylic acids is 1. The lowest BCUT2D eigenvalue weighted by Gasteiger charge is -2.20. The van der Waals surface area contributed by atoms with Gasteiger partial charge in [-0.25, -0.2) is 4.98 Å². The zero-order valence-electron chi connectivity index (χ0n) is 12.1. The number of carbonyl (C=O) groups is 1. The molecule has 1 aromatic rings. The lowest BCUT2D eigenvalue weighted by Crippen LogP contribution is -2.34.